The SMILES string of the molecule is N#Cc1ccccc1NC(=O)CSC1CC2CC1CC2C(N)=O. The Kier molecular flexibility index (Phi) is 4.58. The number of anilines is 1. The maximum atomic E-state index is 12.1. The number of nitriles is 1. The van der Waals surface area contributed by atoms with Crippen LogP contribution in [0.4, 0.5) is 5.69 Å². The predicted molar refractivity (Wildman–Crippen MR) is 89.5 cm³/mol. The largest absolute Gasteiger partial charge is 0.369 e. The Hall–Kier alpha value is -2.00. The number of benzene rings is 1. The highest BCUT2D eigenvalue weighted by atomic mass is 32.2. The molecule has 1 aromatic carbocycles. The van der Waals surface area contributed by atoms with Gasteiger partial charge in [0.05, 0.1) is 17.0 Å². The molecule has 4 atom stereocenters. The van der Waals surface area contributed by atoms with E-state index in [1.807, 2.05) is 0 Å². The van der Waals surface area contributed by atoms with Crippen LogP contribution in [-0.4, -0.2) is 22.8 Å². The molecule has 3 N–H and O–H groups in total. The van der Waals surface area contributed by atoms with E-state index >= 15 is 0 Å². The minimum absolute atomic E-state index is 0.0354. The number of hydrogen-bond donors (Lipinski definition) is 2. The first-order valence-electron chi connectivity index (χ1n) is 7.78. The van der Waals surface area contributed by atoms with Crippen LogP contribution in [0.2, 0.25) is 0 Å². The molecule has 0 radical (unpaired) electrons. The monoisotopic (exact) mass is 329 g/mol. The van der Waals surface area contributed by atoms with E-state index < -0.39 is 0 Å². The van der Waals surface area contributed by atoms with Crippen LogP contribution in [0.3, 0.4) is 0 Å². The number of fused-ring (bicyclic) bond motifs is 2. The van der Waals surface area contributed by atoms with E-state index in [1.165, 1.54) is 0 Å². The van der Waals surface area contributed by atoms with Crippen LogP contribution in [0, 0.1) is 29.1 Å². The van der Waals surface area contributed by atoms with E-state index in [1.54, 1.807) is 36.0 Å². The summed E-state index contributed by atoms with van der Waals surface area (Å²) in [5.74, 6) is 1.04. The second kappa shape index (κ2) is 6.63. The summed E-state index contributed by atoms with van der Waals surface area (Å²) in [6.45, 7) is 0. The molecule has 2 amide bonds. The summed E-state index contributed by atoms with van der Waals surface area (Å²) < 4.78 is 0. The van der Waals surface area contributed by atoms with E-state index in [4.69, 9.17) is 11.0 Å². The Balaban J connectivity index is 1.50. The van der Waals surface area contributed by atoms with Crippen molar-refractivity contribution in [2.45, 2.75) is 24.5 Å². The van der Waals surface area contributed by atoms with Gasteiger partial charge in [-0.3, -0.25) is 9.59 Å². The van der Waals surface area contributed by atoms with Crippen LogP contribution < -0.4 is 11.1 Å². The Morgan fingerprint density at radius 2 is 2.04 bits per heavy atom. The summed E-state index contributed by atoms with van der Waals surface area (Å²) in [5, 5.41) is 12.3. The third-order valence-electron chi connectivity index (χ3n) is 4.91. The van der Waals surface area contributed by atoms with Crippen molar-refractivity contribution < 1.29 is 9.59 Å². The summed E-state index contributed by atoms with van der Waals surface area (Å²) in [7, 11) is 0. The number of carbonyl (C=O) groups is 2. The van der Waals surface area contributed by atoms with Gasteiger partial charge in [-0.15, -0.1) is 11.8 Å². The van der Waals surface area contributed by atoms with Crippen molar-refractivity contribution in [2.75, 3.05) is 11.1 Å². The number of amides is 2. The summed E-state index contributed by atoms with van der Waals surface area (Å²) in [5.41, 5.74) is 6.45. The van der Waals surface area contributed by atoms with Gasteiger partial charge in [0.2, 0.25) is 11.8 Å². The lowest BCUT2D eigenvalue weighted by atomic mass is 9.88. The van der Waals surface area contributed by atoms with Crippen molar-refractivity contribution >= 4 is 29.3 Å². The van der Waals surface area contributed by atoms with Gasteiger partial charge >= 0.3 is 0 Å². The lowest BCUT2D eigenvalue weighted by molar-refractivity contribution is -0.123. The lowest BCUT2D eigenvalue weighted by Gasteiger charge is -2.25. The lowest BCUT2D eigenvalue weighted by Crippen LogP contribution is -2.31. The highest BCUT2D eigenvalue weighted by Gasteiger charge is 2.48. The number of primary amides is 1. The van der Waals surface area contributed by atoms with Crippen molar-refractivity contribution in [1.82, 2.24) is 0 Å². The minimum Gasteiger partial charge on any atom is -0.369 e. The van der Waals surface area contributed by atoms with Crippen molar-refractivity contribution in [3.63, 3.8) is 0 Å². The number of para-hydroxylation sites is 1. The third kappa shape index (κ3) is 3.35. The number of thioether (sulfide) groups is 1. The van der Waals surface area contributed by atoms with Gasteiger partial charge in [0.25, 0.3) is 0 Å². The number of carbonyl (C=O) groups excluding carboxylic acids is 2. The zero-order valence-electron chi connectivity index (χ0n) is 12.7. The first-order valence-corrected chi connectivity index (χ1v) is 8.83. The van der Waals surface area contributed by atoms with Gasteiger partial charge in [0.15, 0.2) is 0 Å². The maximum absolute atomic E-state index is 12.1. The Bertz CT molecular complexity index is 670. The summed E-state index contributed by atoms with van der Waals surface area (Å²) in [6.07, 6.45) is 2.91. The smallest absolute Gasteiger partial charge is 0.234 e. The van der Waals surface area contributed by atoms with E-state index in [0.717, 1.165) is 19.3 Å². The molecule has 6 heteroatoms. The summed E-state index contributed by atoms with van der Waals surface area (Å²) in [4.78, 5) is 23.5. The van der Waals surface area contributed by atoms with Gasteiger partial charge in [0.1, 0.15) is 6.07 Å². The van der Waals surface area contributed by atoms with Crippen LogP contribution >= 0.6 is 11.8 Å². The molecular formula is C17H19N3O2S. The molecule has 2 saturated carbocycles. The number of nitrogens with zero attached hydrogens (tertiary/aromatic N) is 1. The molecule has 120 valence electrons. The first-order chi connectivity index (χ1) is 11.1. The van der Waals surface area contributed by atoms with Gasteiger partial charge in [-0.1, -0.05) is 12.1 Å². The standard InChI is InChI=1S/C17H19N3O2S/c18-8-10-3-1-2-4-14(10)20-16(21)9-23-15-7-11-5-12(15)6-13(11)17(19)22/h1-4,11-13,15H,5-7,9H2,(H2,19,22)(H,20,21). The molecule has 2 aliphatic carbocycles. The molecular weight excluding hydrogens is 310 g/mol. The molecule has 4 unspecified atom stereocenters. The fourth-order valence-electron chi connectivity index (χ4n) is 3.83. The Morgan fingerprint density at radius 1 is 1.26 bits per heavy atom. The molecule has 3 rings (SSSR count). The highest BCUT2D eigenvalue weighted by molar-refractivity contribution is 8.00. The number of nitrogens with one attached hydrogen (secondary N) is 1. The summed E-state index contributed by atoms with van der Waals surface area (Å²) >= 11 is 1.65. The average Bonchev–Trinajstić information content (AvgIpc) is 3.13. The molecule has 2 fully saturated rings. The molecule has 0 saturated heterocycles. The molecule has 5 nitrogen and oxygen atoms in total. The fourth-order valence-corrected chi connectivity index (χ4v) is 5.15. The zero-order valence-corrected chi connectivity index (χ0v) is 13.5. The van der Waals surface area contributed by atoms with Gasteiger partial charge in [-0.25, -0.2) is 0 Å². The molecule has 0 aromatic heterocycles. The van der Waals surface area contributed by atoms with Gasteiger partial charge < -0.3 is 11.1 Å². The van der Waals surface area contributed by atoms with Crippen molar-refractivity contribution in [3.8, 4) is 6.07 Å². The Labute approximate surface area is 139 Å². The normalized spacial score (nSPS) is 28.3. The zero-order chi connectivity index (χ0) is 16.4. The first kappa shape index (κ1) is 15.9. The van der Waals surface area contributed by atoms with E-state index in [0.29, 0.717) is 34.1 Å². The van der Waals surface area contributed by atoms with Crippen LogP contribution in [0.15, 0.2) is 24.3 Å². The maximum Gasteiger partial charge on any atom is 0.234 e. The van der Waals surface area contributed by atoms with Crippen LogP contribution in [0.25, 0.3) is 0 Å². The average molecular weight is 329 g/mol. The minimum atomic E-state index is -0.174. The highest BCUT2D eigenvalue weighted by Crippen LogP contribution is 2.52. The number of hydrogen-bond acceptors (Lipinski definition) is 4. The van der Waals surface area contributed by atoms with Gasteiger partial charge in [-0.05, 0) is 43.2 Å². The van der Waals surface area contributed by atoms with Crippen molar-refractivity contribution in [3.05, 3.63) is 29.8 Å². The predicted octanol–water partition coefficient (Wildman–Crippen LogP) is 2.13. The second-order valence-corrected chi connectivity index (χ2v) is 7.52. The molecule has 23 heavy (non-hydrogen) atoms. The van der Waals surface area contributed by atoms with E-state index in [-0.39, 0.29) is 17.7 Å². The Morgan fingerprint density at radius 3 is 2.70 bits per heavy atom. The van der Waals surface area contributed by atoms with E-state index in [2.05, 4.69) is 11.4 Å². The molecule has 2 aliphatic rings. The molecule has 1 aromatic rings. The quantitative estimate of drug-likeness (QED) is 0.865. The van der Waals surface area contributed by atoms with E-state index in [9.17, 15) is 9.59 Å². The molecule has 0 spiro atoms. The topological polar surface area (TPSA) is 96.0 Å². The van der Waals surface area contributed by atoms with Crippen molar-refractivity contribution in [1.29, 1.82) is 5.26 Å². The van der Waals surface area contributed by atoms with Gasteiger partial charge in [0, 0.05) is 11.2 Å². The second-order valence-electron chi connectivity index (χ2n) is 6.29. The molecule has 0 heterocycles. The van der Waals surface area contributed by atoms with Crippen molar-refractivity contribution in [2.24, 2.45) is 23.5 Å². The molecule has 0 aliphatic heterocycles. The number of nitrogens with two attached hydrogens (primary N) is 1. The van der Waals surface area contributed by atoms with Crippen LogP contribution in [0.1, 0.15) is 24.8 Å². The fraction of sp³-hybridized carbons (Fsp3) is 0.471. The van der Waals surface area contributed by atoms with Gasteiger partial charge in [-0.2, -0.15) is 5.26 Å². The molecule has 2 bridgehead atoms. The van der Waals surface area contributed by atoms with Crippen LogP contribution in [0.5, 0.6) is 0 Å². The summed E-state index contributed by atoms with van der Waals surface area (Å²) in [6, 6.07) is 9.05. The number of rotatable bonds is 5. The third-order valence-corrected chi connectivity index (χ3v) is 6.34. The van der Waals surface area contributed by atoms with Crippen LogP contribution in [-0.2, 0) is 9.59 Å².